The van der Waals surface area contributed by atoms with Gasteiger partial charge in [0.15, 0.2) is 0 Å². The first-order valence-corrected chi connectivity index (χ1v) is 7.97. The van der Waals surface area contributed by atoms with Gasteiger partial charge in [-0.1, -0.05) is 44.8 Å². The van der Waals surface area contributed by atoms with E-state index >= 15 is 0 Å². The van der Waals surface area contributed by atoms with Crippen LogP contribution in [0.3, 0.4) is 0 Å². The lowest BCUT2D eigenvalue weighted by molar-refractivity contribution is 1.54. The molecular weight excluding hydrogens is 292 g/mol. The molecule has 90 valence electrons. The topological polar surface area (TPSA) is 25.8 Å². The summed E-state index contributed by atoms with van der Waals surface area (Å²) in [4.78, 5) is 2.36. The molecule has 2 aliphatic rings. The molecule has 0 amide bonds. The molecule has 0 spiro atoms. The Labute approximate surface area is 121 Å². The Morgan fingerprint density at radius 1 is 0.789 bits per heavy atom. The third-order valence-electron chi connectivity index (χ3n) is 2.89. The Morgan fingerprint density at radius 2 is 1.32 bits per heavy atom. The summed E-state index contributed by atoms with van der Waals surface area (Å²) in [6, 6.07) is 4.25. The van der Waals surface area contributed by atoms with Crippen molar-refractivity contribution in [1.29, 1.82) is 0 Å². The van der Waals surface area contributed by atoms with E-state index in [2.05, 4.69) is 43.4 Å². The van der Waals surface area contributed by atoms with Crippen LogP contribution in [0.15, 0.2) is 36.4 Å². The summed E-state index contributed by atoms with van der Waals surface area (Å²) >= 11 is 4.48. The lowest BCUT2D eigenvalue weighted by Crippen LogP contribution is -2.13. The number of hydrogen-bond donors (Lipinski definition) is 0. The summed E-state index contributed by atoms with van der Waals surface area (Å²) in [6.07, 6.45) is 8.01. The summed E-state index contributed by atoms with van der Waals surface area (Å²) in [6.45, 7) is 0. The van der Waals surface area contributed by atoms with E-state index in [9.17, 15) is 0 Å². The fourth-order valence-electron chi connectivity index (χ4n) is 2.04. The Kier molecular flexibility index (Phi) is 2.59. The predicted molar refractivity (Wildman–Crippen MR) is 84.7 cm³/mol. The maximum atomic E-state index is 4.46. The molecule has 0 atom stereocenters. The molecular formula is C14H6N2S3. The zero-order chi connectivity index (χ0) is 12.7. The van der Waals surface area contributed by atoms with Crippen LogP contribution in [0.4, 0.5) is 0 Å². The van der Waals surface area contributed by atoms with Gasteiger partial charge in [0.25, 0.3) is 0 Å². The molecule has 2 aromatic rings. The van der Waals surface area contributed by atoms with E-state index in [1.807, 2.05) is 12.2 Å². The van der Waals surface area contributed by atoms with E-state index in [0.29, 0.717) is 0 Å². The first-order chi connectivity index (χ1) is 9.43. The lowest BCUT2D eigenvalue weighted by Gasteiger charge is -1.95. The first-order valence-electron chi connectivity index (χ1n) is 5.61. The van der Waals surface area contributed by atoms with Crippen molar-refractivity contribution in [2.75, 3.05) is 0 Å². The summed E-state index contributed by atoms with van der Waals surface area (Å²) in [7, 11) is 0. The van der Waals surface area contributed by atoms with Gasteiger partial charge in [0.1, 0.15) is 11.0 Å². The molecule has 0 fully saturated rings. The molecule has 0 saturated heterocycles. The molecule has 4 rings (SSSR count). The fraction of sp³-hybridized carbons (Fsp3) is 0. The van der Waals surface area contributed by atoms with Crippen molar-refractivity contribution < 1.29 is 0 Å². The molecule has 1 aromatic carbocycles. The van der Waals surface area contributed by atoms with Gasteiger partial charge in [-0.15, -0.1) is 0 Å². The molecule has 5 heteroatoms. The minimum absolute atomic E-state index is 0.978. The maximum absolute atomic E-state index is 4.46. The van der Waals surface area contributed by atoms with Crippen molar-refractivity contribution in [2.24, 2.45) is 0 Å². The van der Waals surface area contributed by atoms with Crippen LogP contribution in [0.2, 0.25) is 0 Å². The Morgan fingerprint density at radius 3 is 1.74 bits per heavy atom. The van der Waals surface area contributed by atoms with Crippen molar-refractivity contribution >= 4 is 54.9 Å². The summed E-state index contributed by atoms with van der Waals surface area (Å²) in [5.41, 5.74) is 1.96. The van der Waals surface area contributed by atoms with Crippen LogP contribution in [-0.4, -0.2) is 8.75 Å². The Balaban J connectivity index is 2.22. The molecule has 0 saturated carbocycles. The van der Waals surface area contributed by atoms with E-state index in [4.69, 9.17) is 0 Å². The molecule has 0 radical (unpaired) electrons. The zero-order valence-corrected chi connectivity index (χ0v) is 12.0. The third kappa shape index (κ3) is 1.77. The zero-order valence-electron chi connectivity index (χ0n) is 9.58. The molecule has 2 aliphatic heterocycles. The Bertz CT molecular complexity index is 936. The number of aromatic nitrogens is 2. The number of allylic oxidation sites excluding steroid dienone is 2. The largest absolute Gasteiger partial charge is 0.172 e. The van der Waals surface area contributed by atoms with Gasteiger partial charge in [-0.25, -0.2) is 0 Å². The number of hydrogen-bond acceptors (Lipinski definition) is 3. The van der Waals surface area contributed by atoms with Crippen LogP contribution in [0.1, 0.15) is 0 Å². The second-order valence-corrected chi connectivity index (χ2v) is 6.24. The molecule has 0 aliphatic carbocycles. The van der Waals surface area contributed by atoms with Crippen molar-refractivity contribution in [1.82, 2.24) is 8.75 Å². The lowest BCUT2D eigenvalue weighted by atomic mass is 10.2. The highest BCUT2D eigenvalue weighted by Crippen LogP contribution is 2.16. The van der Waals surface area contributed by atoms with Crippen molar-refractivity contribution in [3.8, 4) is 10.4 Å². The van der Waals surface area contributed by atoms with Gasteiger partial charge in [0, 0.05) is 20.2 Å². The number of nitrogens with zero attached hydrogens (tertiary/aromatic N) is 2. The van der Waals surface area contributed by atoms with Gasteiger partial charge < -0.3 is 0 Å². The highest BCUT2D eigenvalue weighted by atomic mass is 32.1. The number of fused-ring (bicyclic) bond motifs is 1. The molecule has 19 heavy (non-hydrogen) atoms. The van der Waals surface area contributed by atoms with Crippen LogP contribution in [0.25, 0.3) is 20.8 Å². The van der Waals surface area contributed by atoms with E-state index in [0.717, 1.165) is 21.5 Å². The van der Waals surface area contributed by atoms with Crippen LogP contribution >= 0.6 is 34.1 Å². The van der Waals surface area contributed by atoms with Gasteiger partial charge in [-0.3, -0.25) is 0 Å². The molecule has 1 aromatic heterocycles. The Hall–Kier alpha value is -1.74. The monoisotopic (exact) mass is 298 g/mol. The molecule has 0 N–H and O–H groups in total. The second kappa shape index (κ2) is 4.42. The maximum Gasteiger partial charge on any atom is 0.114 e. The smallest absolute Gasteiger partial charge is 0.114 e. The highest BCUT2D eigenvalue weighted by molar-refractivity contribution is 7.98. The first kappa shape index (κ1) is 11.1. The number of benzene rings is 1. The molecule has 2 nitrogen and oxygen atoms in total. The van der Waals surface area contributed by atoms with E-state index in [1.54, 1.807) is 22.3 Å². The van der Waals surface area contributed by atoms with Crippen LogP contribution in [-0.2, 0) is 0 Å². The summed E-state index contributed by atoms with van der Waals surface area (Å²) in [5, 5.41) is 8.52. The second-order valence-electron chi connectivity index (χ2n) is 3.96. The normalized spacial score (nSPS) is 21.3. The molecule has 3 heterocycles. The minimum Gasteiger partial charge on any atom is -0.172 e. The standard InChI is InChI=1S/C14H6N2S3/c1-3-11(17-7-1)9-5-6-10(12-4-2-8-18-12)14-13(9)15-19-16-14/h1-6H. The van der Waals surface area contributed by atoms with Crippen LogP contribution in [0.5, 0.6) is 0 Å². The van der Waals surface area contributed by atoms with Crippen molar-refractivity contribution in [2.45, 2.75) is 0 Å². The van der Waals surface area contributed by atoms with E-state index in [-0.39, 0.29) is 0 Å². The molecule has 0 unspecified atom stereocenters. The van der Waals surface area contributed by atoms with Gasteiger partial charge in [0.2, 0.25) is 0 Å². The van der Waals surface area contributed by atoms with Gasteiger partial charge >= 0.3 is 0 Å². The summed E-state index contributed by atoms with van der Waals surface area (Å²) in [5.74, 6) is 0. The minimum atomic E-state index is 0.978. The van der Waals surface area contributed by atoms with Gasteiger partial charge in [-0.2, -0.15) is 8.75 Å². The summed E-state index contributed by atoms with van der Waals surface area (Å²) < 4.78 is 8.93. The van der Waals surface area contributed by atoms with E-state index in [1.165, 1.54) is 21.5 Å². The quantitative estimate of drug-likeness (QED) is 0.746. The van der Waals surface area contributed by atoms with Crippen LogP contribution in [0, 0.1) is 10.4 Å². The third-order valence-corrected chi connectivity index (χ3v) is 5.08. The van der Waals surface area contributed by atoms with Gasteiger partial charge in [0.05, 0.1) is 11.7 Å². The fourth-order valence-corrected chi connectivity index (χ4v) is 3.96. The van der Waals surface area contributed by atoms with Crippen LogP contribution < -0.4 is 10.4 Å². The predicted octanol–water partition coefficient (Wildman–Crippen LogP) is 2.43. The highest BCUT2D eigenvalue weighted by Gasteiger charge is 2.07. The number of rotatable bonds is 0. The molecule has 0 bridgehead atoms. The van der Waals surface area contributed by atoms with Crippen molar-refractivity contribution in [3.63, 3.8) is 0 Å². The average molecular weight is 298 g/mol. The SMILES string of the molecule is C1#SC(=c2ccc(=C3C=CC#S3)c3nsnc23)C=C1. The average Bonchev–Trinajstić information content (AvgIpc) is 3.19. The van der Waals surface area contributed by atoms with Crippen molar-refractivity contribution in [3.05, 3.63) is 46.9 Å². The van der Waals surface area contributed by atoms with E-state index < -0.39 is 0 Å². The van der Waals surface area contributed by atoms with Gasteiger partial charge in [-0.05, 0) is 24.3 Å².